The molecule has 0 aliphatic heterocycles. The number of nitrogens with one attached hydrogen (secondary N) is 1. The van der Waals surface area contributed by atoms with Crippen LogP contribution in [0.1, 0.15) is 24.4 Å². The summed E-state index contributed by atoms with van der Waals surface area (Å²) in [6.45, 7) is 1.13. The molecule has 0 saturated heterocycles. The second-order valence-electron chi connectivity index (χ2n) is 5.97. The highest BCUT2D eigenvalue weighted by Gasteiger charge is 2.15. The molecule has 2 rings (SSSR count). The van der Waals surface area contributed by atoms with Gasteiger partial charge in [-0.05, 0) is 67.2 Å². The summed E-state index contributed by atoms with van der Waals surface area (Å²) in [5.41, 5.74) is 1.23. The molecule has 0 radical (unpaired) electrons. The number of carbonyl (C=O) groups excluding carboxylic acids is 1. The Labute approximate surface area is 153 Å². The van der Waals surface area contributed by atoms with E-state index in [1.165, 1.54) is 5.56 Å². The molecule has 6 heteroatoms. The summed E-state index contributed by atoms with van der Waals surface area (Å²) in [5.74, 6) is 1.64. The zero-order chi connectivity index (χ0) is 18.1. The average molecular weight is 362 g/mol. The number of rotatable bonds is 10. The largest absolute Gasteiger partial charge is 0.497 e. The molecule has 1 unspecified atom stereocenters. The van der Waals surface area contributed by atoms with E-state index in [0.717, 1.165) is 11.5 Å². The molecule has 0 fully saturated rings. The summed E-state index contributed by atoms with van der Waals surface area (Å²) in [5, 5.41) is 7.20. The lowest BCUT2D eigenvalue weighted by Gasteiger charge is -2.24. The molecular weight excluding hydrogens is 336 g/mol. The Bertz CT molecular complexity index is 627. The molecule has 0 bridgehead atoms. The number of nitrogens with zero attached hydrogens (tertiary/aromatic N) is 1. The van der Waals surface area contributed by atoms with Crippen LogP contribution in [-0.4, -0.2) is 45.2 Å². The van der Waals surface area contributed by atoms with Crippen molar-refractivity contribution >= 4 is 17.2 Å². The molecular formula is C19H26N2O3S. The second-order valence-corrected chi connectivity index (χ2v) is 6.75. The van der Waals surface area contributed by atoms with Gasteiger partial charge in [0.15, 0.2) is 0 Å². The Balaban J connectivity index is 1.66. The van der Waals surface area contributed by atoms with Gasteiger partial charge in [0, 0.05) is 13.0 Å². The molecule has 0 aliphatic carbocycles. The molecule has 1 aromatic carbocycles. The van der Waals surface area contributed by atoms with Gasteiger partial charge < -0.3 is 19.7 Å². The molecule has 2 aromatic rings. The lowest BCUT2D eigenvalue weighted by atomic mass is 10.1. The highest BCUT2D eigenvalue weighted by molar-refractivity contribution is 7.07. The quantitative estimate of drug-likeness (QED) is 0.659. The molecule has 25 heavy (non-hydrogen) atoms. The van der Waals surface area contributed by atoms with E-state index >= 15 is 0 Å². The van der Waals surface area contributed by atoms with Gasteiger partial charge in [-0.3, -0.25) is 4.79 Å². The van der Waals surface area contributed by atoms with E-state index < -0.39 is 0 Å². The summed E-state index contributed by atoms with van der Waals surface area (Å²) in [4.78, 5) is 14.2. The lowest BCUT2D eigenvalue weighted by molar-refractivity contribution is -0.121. The monoisotopic (exact) mass is 362 g/mol. The normalized spacial score (nSPS) is 12.0. The van der Waals surface area contributed by atoms with Crippen molar-refractivity contribution in [2.45, 2.75) is 18.9 Å². The maximum absolute atomic E-state index is 12.0. The predicted molar refractivity (Wildman–Crippen MR) is 101 cm³/mol. The summed E-state index contributed by atoms with van der Waals surface area (Å²) in [6.07, 6.45) is 1.14. The number of carbonyl (C=O) groups is 1. The molecule has 0 saturated carbocycles. The van der Waals surface area contributed by atoms with Gasteiger partial charge in [0.1, 0.15) is 11.5 Å². The van der Waals surface area contributed by atoms with Crippen LogP contribution in [0, 0.1) is 0 Å². The fourth-order valence-electron chi connectivity index (χ4n) is 2.46. The zero-order valence-corrected chi connectivity index (χ0v) is 15.8. The number of hydrogen-bond donors (Lipinski definition) is 1. The maximum Gasteiger partial charge on any atom is 0.220 e. The smallest absolute Gasteiger partial charge is 0.220 e. The summed E-state index contributed by atoms with van der Waals surface area (Å²) >= 11 is 1.67. The van der Waals surface area contributed by atoms with E-state index in [2.05, 4.69) is 27.0 Å². The van der Waals surface area contributed by atoms with Gasteiger partial charge in [-0.25, -0.2) is 0 Å². The molecule has 0 spiro atoms. The van der Waals surface area contributed by atoms with E-state index in [4.69, 9.17) is 9.47 Å². The first-order valence-corrected chi connectivity index (χ1v) is 9.26. The first-order valence-electron chi connectivity index (χ1n) is 8.32. The molecule has 1 N–H and O–H groups in total. The topological polar surface area (TPSA) is 50.8 Å². The van der Waals surface area contributed by atoms with Gasteiger partial charge in [-0.15, -0.1) is 0 Å². The first kappa shape index (κ1) is 19.3. The molecule has 0 aliphatic rings. The van der Waals surface area contributed by atoms with E-state index in [9.17, 15) is 4.79 Å². The zero-order valence-electron chi connectivity index (χ0n) is 15.0. The molecule has 136 valence electrons. The van der Waals surface area contributed by atoms with Crippen LogP contribution in [-0.2, 0) is 4.79 Å². The van der Waals surface area contributed by atoms with E-state index in [1.54, 1.807) is 18.4 Å². The van der Waals surface area contributed by atoms with Crippen LogP contribution in [0.4, 0.5) is 0 Å². The van der Waals surface area contributed by atoms with Gasteiger partial charge >= 0.3 is 0 Å². The van der Waals surface area contributed by atoms with Crippen molar-refractivity contribution in [2.24, 2.45) is 0 Å². The maximum atomic E-state index is 12.0. The Morgan fingerprint density at radius 2 is 1.92 bits per heavy atom. The Morgan fingerprint density at radius 3 is 2.52 bits per heavy atom. The fourth-order valence-corrected chi connectivity index (χ4v) is 3.16. The van der Waals surface area contributed by atoms with Crippen molar-refractivity contribution in [1.82, 2.24) is 10.2 Å². The van der Waals surface area contributed by atoms with Crippen molar-refractivity contribution in [3.63, 3.8) is 0 Å². The van der Waals surface area contributed by atoms with Crippen molar-refractivity contribution in [3.05, 3.63) is 46.7 Å². The third-order valence-electron chi connectivity index (χ3n) is 3.92. The third kappa shape index (κ3) is 6.40. The molecule has 1 amide bonds. The molecule has 5 nitrogen and oxygen atoms in total. The highest BCUT2D eigenvalue weighted by atomic mass is 32.1. The van der Waals surface area contributed by atoms with Gasteiger partial charge in [0.25, 0.3) is 0 Å². The highest BCUT2D eigenvalue weighted by Crippen LogP contribution is 2.20. The minimum atomic E-state index is 0.0559. The standard InChI is InChI=1S/C19H26N2O3S/c1-21(2)18(15-10-12-25-14-15)13-20-19(22)5-4-11-24-17-8-6-16(23-3)7-9-17/h6-10,12,14,18H,4-5,11,13H2,1-3H3,(H,20,22). The fraction of sp³-hybridized carbons (Fsp3) is 0.421. The minimum absolute atomic E-state index is 0.0559. The predicted octanol–water partition coefficient (Wildman–Crippen LogP) is 3.33. The van der Waals surface area contributed by atoms with E-state index in [-0.39, 0.29) is 11.9 Å². The first-order chi connectivity index (χ1) is 12.1. The Morgan fingerprint density at radius 1 is 1.20 bits per heavy atom. The van der Waals surface area contributed by atoms with Gasteiger partial charge in [-0.2, -0.15) is 11.3 Å². The summed E-state index contributed by atoms with van der Waals surface area (Å²) in [7, 11) is 5.68. The van der Waals surface area contributed by atoms with E-state index in [1.807, 2.05) is 38.4 Å². The molecule has 1 atom stereocenters. The van der Waals surface area contributed by atoms with Crippen LogP contribution in [0.2, 0.25) is 0 Å². The van der Waals surface area contributed by atoms with Gasteiger partial charge in [0.05, 0.1) is 19.8 Å². The van der Waals surface area contributed by atoms with Crippen LogP contribution >= 0.6 is 11.3 Å². The third-order valence-corrected chi connectivity index (χ3v) is 4.62. The van der Waals surface area contributed by atoms with Crippen molar-refractivity contribution in [3.8, 4) is 11.5 Å². The van der Waals surface area contributed by atoms with Gasteiger partial charge in [-0.1, -0.05) is 0 Å². The number of likely N-dealkylation sites (N-methyl/N-ethyl adjacent to an activating group) is 1. The Kier molecular flexibility index (Phi) is 7.76. The number of benzene rings is 1. The van der Waals surface area contributed by atoms with Crippen LogP contribution < -0.4 is 14.8 Å². The van der Waals surface area contributed by atoms with Gasteiger partial charge in [0.2, 0.25) is 5.91 Å². The number of amides is 1. The number of ether oxygens (including phenoxy) is 2. The lowest BCUT2D eigenvalue weighted by Crippen LogP contribution is -2.34. The second kappa shape index (κ2) is 10.1. The average Bonchev–Trinajstić information content (AvgIpc) is 3.13. The van der Waals surface area contributed by atoms with Crippen LogP contribution in [0.5, 0.6) is 11.5 Å². The van der Waals surface area contributed by atoms with Crippen LogP contribution in [0.15, 0.2) is 41.1 Å². The number of thiophene rings is 1. The SMILES string of the molecule is COc1ccc(OCCCC(=O)NCC(c2ccsc2)N(C)C)cc1. The Hall–Kier alpha value is -2.05. The summed E-state index contributed by atoms with van der Waals surface area (Å²) in [6, 6.07) is 9.74. The van der Waals surface area contributed by atoms with Crippen LogP contribution in [0.3, 0.4) is 0 Å². The molecule has 1 heterocycles. The number of methoxy groups -OCH3 is 1. The molecule has 1 aromatic heterocycles. The minimum Gasteiger partial charge on any atom is -0.497 e. The van der Waals surface area contributed by atoms with Crippen molar-refractivity contribution in [2.75, 3.05) is 34.4 Å². The van der Waals surface area contributed by atoms with E-state index in [0.29, 0.717) is 26.0 Å². The number of hydrogen-bond acceptors (Lipinski definition) is 5. The van der Waals surface area contributed by atoms with Crippen molar-refractivity contribution in [1.29, 1.82) is 0 Å². The van der Waals surface area contributed by atoms with Crippen molar-refractivity contribution < 1.29 is 14.3 Å². The van der Waals surface area contributed by atoms with Crippen LogP contribution in [0.25, 0.3) is 0 Å². The summed E-state index contributed by atoms with van der Waals surface area (Å²) < 4.78 is 10.7.